The first-order valence-corrected chi connectivity index (χ1v) is 8.22. The van der Waals surface area contributed by atoms with Gasteiger partial charge in [-0.3, -0.25) is 0 Å². The van der Waals surface area contributed by atoms with E-state index in [2.05, 4.69) is 32.2 Å². The van der Waals surface area contributed by atoms with Crippen molar-refractivity contribution >= 4 is 17.3 Å². The molecular weight excluding hydrogens is 286 g/mol. The predicted octanol–water partition coefficient (Wildman–Crippen LogP) is 4.35. The number of rotatable bonds is 5. The van der Waals surface area contributed by atoms with Crippen molar-refractivity contribution in [3.05, 3.63) is 23.2 Å². The van der Waals surface area contributed by atoms with Crippen LogP contribution in [0.1, 0.15) is 33.6 Å². The lowest BCUT2D eigenvalue weighted by Crippen LogP contribution is -2.63. The van der Waals surface area contributed by atoms with Crippen molar-refractivity contribution in [1.29, 1.82) is 0 Å². The highest BCUT2D eigenvalue weighted by molar-refractivity contribution is 6.32. The molecule has 1 saturated carbocycles. The average molecular weight is 310 g/mol. The maximum absolute atomic E-state index is 6.30. The second-order valence-corrected chi connectivity index (χ2v) is 7.09. The van der Waals surface area contributed by atoms with Crippen molar-refractivity contribution in [3.63, 3.8) is 0 Å². The molecule has 2 aliphatic rings. The first-order valence-electron chi connectivity index (χ1n) is 7.84. The lowest BCUT2D eigenvalue weighted by Gasteiger charge is -2.55. The summed E-state index contributed by atoms with van der Waals surface area (Å²) in [7, 11) is 0. The van der Waals surface area contributed by atoms with Crippen molar-refractivity contribution in [3.8, 4) is 5.75 Å². The highest BCUT2D eigenvalue weighted by atomic mass is 35.5. The van der Waals surface area contributed by atoms with Gasteiger partial charge in [-0.1, -0.05) is 32.4 Å². The van der Waals surface area contributed by atoms with Crippen LogP contribution in [0.4, 0.5) is 5.69 Å². The zero-order chi connectivity index (χ0) is 15.0. The molecule has 1 aliphatic carbocycles. The number of nitrogens with one attached hydrogen (secondary N) is 1. The monoisotopic (exact) mass is 309 g/mol. The molecule has 2 fully saturated rings. The molecule has 1 aliphatic heterocycles. The SMILES string of the molecule is CCCOc1ccc(NC2C3CCOC3C2(C)C)cc1Cl. The van der Waals surface area contributed by atoms with E-state index in [4.69, 9.17) is 21.1 Å². The van der Waals surface area contributed by atoms with Gasteiger partial charge in [0.15, 0.2) is 0 Å². The lowest BCUT2D eigenvalue weighted by molar-refractivity contribution is -0.0923. The smallest absolute Gasteiger partial charge is 0.138 e. The minimum atomic E-state index is 0.172. The largest absolute Gasteiger partial charge is 0.492 e. The molecule has 1 aromatic carbocycles. The van der Waals surface area contributed by atoms with Crippen LogP contribution in [-0.2, 0) is 4.74 Å². The normalized spacial score (nSPS) is 29.6. The van der Waals surface area contributed by atoms with E-state index in [1.54, 1.807) is 0 Å². The Morgan fingerprint density at radius 2 is 2.24 bits per heavy atom. The Bertz CT molecular complexity index is 518. The topological polar surface area (TPSA) is 30.5 Å². The molecular formula is C17H24ClNO2. The van der Waals surface area contributed by atoms with Crippen LogP contribution < -0.4 is 10.1 Å². The van der Waals surface area contributed by atoms with Crippen molar-refractivity contribution in [2.45, 2.75) is 45.8 Å². The molecule has 0 radical (unpaired) electrons. The van der Waals surface area contributed by atoms with Gasteiger partial charge in [0, 0.05) is 29.7 Å². The van der Waals surface area contributed by atoms with Gasteiger partial charge in [-0.25, -0.2) is 0 Å². The Labute approximate surface area is 132 Å². The first-order chi connectivity index (χ1) is 10.0. The summed E-state index contributed by atoms with van der Waals surface area (Å²) in [5.41, 5.74) is 1.23. The Hall–Kier alpha value is -0.930. The number of benzene rings is 1. The number of halogens is 1. The number of hydrogen-bond acceptors (Lipinski definition) is 3. The highest BCUT2D eigenvalue weighted by Crippen LogP contribution is 2.53. The summed E-state index contributed by atoms with van der Waals surface area (Å²) < 4.78 is 11.5. The van der Waals surface area contributed by atoms with E-state index in [1.807, 2.05) is 12.1 Å². The Kier molecular flexibility index (Phi) is 4.06. The Balaban J connectivity index is 1.69. The number of hydrogen-bond donors (Lipinski definition) is 1. The van der Waals surface area contributed by atoms with Crippen LogP contribution in [0.2, 0.25) is 5.02 Å². The molecule has 3 rings (SSSR count). The molecule has 21 heavy (non-hydrogen) atoms. The number of ether oxygens (including phenoxy) is 2. The number of anilines is 1. The Morgan fingerprint density at radius 3 is 2.95 bits per heavy atom. The summed E-state index contributed by atoms with van der Waals surface area (Å²) in [4.78, 5) is 0. The van der Waals surface area contributed by atoms with Crippen LogP contribution in [-0.4, -0.2) is 25.4 Å². The Morgan fingerprint density at radius 1 is 1.43 bits per heavy atom. The summed E-state index contributed by atoms with van der Waals surface area (Å²) in [5, 5.41) is 4.32. The van der Waals surface area contributed by atoms with Crippen LogP contribution in [0, 0.1) is 11.3 Å². The van der Waals surface area contributed by atoms with Gasteiger partial charge in [-0.2, -0.15) is 0 Å². The summed E-state index contributed by atoms with van der Waals surface area (Å²) in [5.74, 6) is 1.38. The van der Waals surface area contributed by atoms with Crippen LogP contribution in [0.25, 0.3) is 0 Å². The third-order valence-corrected chi connectivity index (χ3v) is 5.11. The van der Waals surface area contributed by atoms with E-state index in [1.165, 1.54) is 0 Å². The van der Waals surface area contributed by atoms with Gasteiger partial charge >= 0.3 is 0 Å². The van der Waals surface area contributed by atoms with Crippen LogP contribution >= 0.6 is 11.6 Å². The van der Waals surface area contributed by atoms with Crippen molar-refractivity contribution in [2.24, 2.45) is 11.3 Å². The molecule has 1 heterocycles. The molecule has 1 N–H and O–H groups in total. The summed E-state index contributed by atoms with van der Waals surface area (Å²) in [6, 6.07) is 6.42. The molecule has 0 bridgehead atoms. The van der Waals surface area contributed by atoms with E-state index in [0.29, 0.717) is 29.7 Å². The second-order valence-electron chi connectivity index (χ2n) is 6.68. The quantitative estimate of drug-likeness (QED) is 0.877. The maximum Gasteiger partial charge on any atom is 0.138 e. The van der Waals surface area contributed by atoms with Crippen LogP contribution in [0.15, 0.2) is 18.2 Å². The highest BCUT2D eigenvalue weighted by Gasteiger charge is 2.59. The fraction of sp³-hybridized carbons (Fsp3) is 0.647. The van der Waals surface area contributed by atoms with Gasteiger partial charge in [0.25, 0.3) is 0 Å². The fourth-order valence-electron chi connectivity index (χ4n) is 3.72. The average Bonchev–Trinajstić information content (AvgIpc) is 2.91. The van der Waals surface area contributed by atoms with Crippen LogP contribution in [0.5, 0.6) is 5.75 Å². The van der Waals surface area contributed by atoms with Gasteiger partial charge in [-0.05, 0) is 31.0 Å². The van der Waals surface area contributed by atoms with Gasteiger partial charge < -0.3 is 14.8 Å². The summed E-state index contributed by atoms with van der Waals surface area (Å²) in [6.07, 6.45) is 2.53. The third kappa shape index (κ3) is 2.62. The van der Waals surface area contributed by atoms with Crippen molar-refractivity contribution < 1.29 is 9.47 Å². The molecule has 3 unspecified atom stereocenters. The van der Waals surface area contributed by atoms with E-state index >= 15 is 0 Å². The summed E-state index contributed by atoms with van der Waals surface area (Å²) >= 11 is 6.30. The standard InChI is InChI=1S/C17H24ClNO2/c1-4-8-20-14-6-5-11(10-13(14)18)19-15-12-7-9-21-16(12)17(15,2)3/h5-6,10,12,15-16,19H,4,7-9H2,1-3H3. The molecule has 3 nitrogen and oxygen atoms in total. The van der Waals surface area contributed by atoms with Gasteiger partial charge in [0.05, 0.1) is 17.7 Å². The van der Waals surface area contributed by atoms with Gasteiger partial charge in [0.1, 0.15) is 5.75 Å². The zero-order valence-corrected chi connectivity index (χ0v) is 13.7. The van der Waals surface area contributed by atoms with E-state index < -0.39 is 0 Å². The lowest BCUT2D eigenvalue weighted by atomic mass is 9.57. The second kappa shape index (κ2) is 5.69. The molecule has 1 aromatic rings. The summed E-state index contributed by atoms with van der Waals surface area (Å²) in [6.45, 7) is 8.22. The third-order valence-electron chi connectivity index (χ3n) is 4.82. The van der Waals surface area contributed by atoms with E-state index in [0.717, 1.165) is 30.9 Å². The number of fused-ring (bicyclic) bond motifs is 1. The molecule has 116 valence electrons. The predicted molar refractivity (Wildman–Crippen MR) is 86.3 cm³/mol. The minimum absolute atomic E-state index is 0.172. The van der Waals surface area contributed by atoms with Gasteiger partial charge in [0.2, 0.25) is 0 Å². The van der Waals surface area contributed by atoms with E-state index in [9.17, 15) is 0 Å². The zero-order valence-electron chi connectivity index (χ0n) is 13.0. The molecule has 0 spiro atoms. The van der Waals surface area contributed by atoms with Crippen molar-refractivity contribution in [1.82, 2.24) is 0 Å². The molecule has 1 saturated heterocycles. The molecule has 0 amide bonds. The minimum Gasteiger partial charge on any atom is -0.492 e. The maximum atomic E-state index is 6.30. The van der Waals surface area contributed by atoms with Gasteiger partial charge in [-0.15, -0.1) is 0 Å². The first kappa shape index (κ1) is 15.0. The molecule has 4 heteroatoms. The van der Waals surface area contributed by atoms with Crippen molar-refractivity contribution in [2.75, 3.05) is 18.5 Å². The molecule has 3 atom stereocenters. The van der Waals surface area contributed by atoms with Crippen LogP contribution in [0.3, 0.4) is 0 Å². The fourth-order valence-corrected chi connectivity index (χ4v) is 3.95. The molecule has 0 aromatic heterocycles. The van der Waals surface area contributed by atoms with E-state index in [-0.39, 0.29) is 5.41 Å².